The number of H-pyrrole nitrogens is 1. The Labute approximate surface area is 151 Å². The number of likely N-dealkylation sites (N-methyl/N-ethyl adjacent to an activating group) is 1. The van der Waals surface area contributed by atoms with Crippen molar-refractivity contribution in [3.63, 3.8) is 0 Å². The second-order valence-corrected chi connectivity index (χ2v) is 6.43. The molecule has 0 bridgehead atoms. The molecule has 0 radical (unpaired) electrons. The summed E-state index contributed by atoms with van der Waals surface area (Å²) < 4.78 is 14.1. The highest BCUT2D eigenvalue weighted by Gasteiger charge is 2.30. The van der Waals surface area contributed by atoms with Gasteiger partial charge in [-0.15, -0.1) is 0 Å². The lowest BCUT2D eigenvalue weighted by molar-refractivity contribution is -0.122. The topological polar surface area (TPSA) is 79.2 Å². The number of carbonyl (C=O) groups excluding carboxylic acids is 2. The minimum Gasteiger partial charge on any atom is -0.368 e. The molecule has 3 rings (SSSR count). The van der Waals surface area contributed by atoms with Gasteiger partial charge in [0, 0.05) is 18.0 Å². The van der Waals surface area contributed by atoms with E-state index in [1.54, 1.807) is 6.07 Å². The van der Waals surface area contributed by atoms with E-state index in [4.69, 9.17) is 5.73 Å². The Morgan fingerprint density at radius 2 is 1.92 bits per heavy atom. The molecule has 128 valence electrons. The first kappa shape index (κ1) is 17.2. The largest absolute Gasteiger partial charge is 0.368 e. The molecule has 0 saturated carbocycles. The van der Waals surface area contributed by atoms with Crippen LogP contribution in [0.5, 0.6) is 0 Å². The van der Waals surface area contributed by atoms with Crippen molar-refractivity contribution in [2.75, 3.05) is 7.05 Å². The van der Waals surface area contributed by atoms with Crippen LogP contribution in [0.1, 0.15) is 22.1 Å². The summed E-state index contributed by atoms with van der Waals surface area (Å²) in [5.74, 6) is -1.68. The van der Waals surface area contributed by atoms with Crippen molar-refractivity contribution in [2.24, 2.45) is 5.73 Å². The number of nitrogens with one attached hydrogen (secondary N) is 1. The van der Waals surface area contributed by atoms with Gasteiger partial charge in [0.1, 0.15) is 17.6 Å². The van der Waals surface area contributed by atoms with E-state index in [2.05, 4.69) is 20.9 Å². The number of para-hydroxylation sites is 1. The molecule has 1 unspecified atom stereocenters. The van der Waals surface area contributed by atoms with E-state index in [0.717, 1.165) is 10.9 Å². The molecule has 0 aliphatic rings. The number of amides is 2. The number of nitrogens with zero attached hydrogens (tertiary/aromatic N) is 1. The first-order valence-corrected chi connectivity index (χ1v) is 8.27. The second kappa shape index (κ2) is 6.68. The molecule has 1 heterocycles. The van der Waals surface area contributed by atoms with Crippen LogP contribution >= 0.6 is 15.9 Å². The van der Waals surface area contributed by atoms with Crippen LogP contribution in [0.4, 0.5) is 4.39 Å². The van der Waals surface area contributed by atoms with E-state index in [1.165, 1.54) is 30.1 Å². The number of nitrogens with two attached hydrogens (primary N) is 1. The van der Waals surface area contributed by atoms with E-state index >= 15 is 0 Å². The molecule has 25 heavy (non-hydrogen) atoms. The molecule has 2 aromatic carbocycles. The van der Waals surface area contributed by atoms with E-state index in [0.29, 0.717) is 15.7 Å². The van der Waals surface area contributed by atoms with E-state index in [1.807, 2.05) is 24.3 Å². The van der Waals surface area contributed by atoms with Crippen LogP contribution in [0.15, 0.2) is 53.0 Å². The standard InChI is InChI=1S/C18H15BrFN3O2/c1-23(16(17(21)24)10-5-4-6-11(20)9-10)18(25)15-14(19)12-7-2-3-8-13(12)22-15/h2-9,16,22H,1H3,(H2,21,24). The van der Waals surface area contributed by atoms with Gasteiger partial charge in [-0.2, -0.15) is 0 Å². The van der Waals surface area contributed by atoms with E-state index in [-0.39, 0.29) is 0 Å². The van der Waals surface area contributed by atoms with Gasteiger partial charge in [0.2, 0.25) is 5.91 Å². The first-order valence-electron chi connectivity index (χ1n) is 7.48. The van der Waals surface area contributed by atoms with Gasteiger partial charge in [-0.3, -0.25) is 9.59 Å². The maximum absolute atomic E-state index is 13.5. The lowest BCUT2D eigenvalue weighted by Crippen LogP contribution is -2.39. The quantitative estimate of drug-likeness (QED) is 0.700. The Kier molecular flexibility index (Phi) is 4.59. The average molecular weight is 404 g/mol. The summed E-state index contributed by atoms with van der Waals surface area (Å²) >= 11 is 3.42. The Balaban J connectivity index is 2.01. The van der Waals surface area contributed by atoms with Crippen molar-refractivity contribution in [1.29, 1.82) is 0 Å². The fourth-order valence-electron chi connectivity index (χ4n) is 2.80. The summed E-state index contributed by atoms with van der Waals surface area (Å²) in [4.78, 5) is 29.1. The van der Waals surface area contributed by atoms with Gasteiger partial charge in [-0.05, 0) is 39.7 Å². The number of benzene rings is 2. The molecule has 1 aromatic heterocycles. The Hall–Kier alpha value is -2.67. The monoisotopic (exact) mass is 403 g/mol. The number of rotatable bonds is 4. The fourth-order valence-corrected chi connectivity index (χ4v) is 3.42. The molecule has 2 amide bonds. The van der Waals surface area contributed by atoms with Crippen molar-refractivity contribution < 1.29 is 14.0 Å². The van der Waals surface area contributed by atoms with Crippen LogP contribution in [0.2, 0.25) is 0 Å². The summed E-state index contributed by atoms with van der Waals surface area (Å²) in [6, 6.07) is 11.8. The number of primary amides is 1. The number of halogens is 2. The van der Waals surface area contributed by atoms with Crippen LogP contribution in [0, 0.1) is 5.82 Å². The van der Waals surface area contributed by atoms with Crippen LogP contribution in [-0.2, 0) is 4.79 Å². The molecule has 0 spiro atoms. The molecule has 1 atom stereocenters. The SMILES string of the molecule is CN(C(=O)c1[nH]c2ccccc2c1Br)C(C(N)=O)c1cccc(F)c1. The third-order valence-corrected chi connectivity index (χ3v) is 4.82. The van der Waals surface area contributed by atoms with Gasteiger partial charge in [0.25, 0.3) is 5.91 Å². The molecule has 0 fully saturated rings. The third kappa shape index (κ3) is 3.15. The van der Waals surface area contributed by atoms with Crippen molar-refractivity contribution >= 4 is 38.6 Å². The van der Waals surface area contributed by atoms with Crippen molar-refractivity contribution in [2.45, 2.75) is 6.04 Å². The first-order chi connectivity index (χ1) is 11.9. The fraction of sp³-hybridized carbons (Fsp3) is 0.111. The van der Waals surface area contributed by atoms with Crippen LogP contribution in [-0.4, -0.2) is 28.7 Å². The van der Waals surface area contributed by atoms with Crippen LogP contribution in [0.3, 0.4) is 0 Å². The number of aromatic nitrogens is 1. The smallest absolute Gasteiger partial charge is 0.272 e. The molecule has 7 heteroatoms. The summed E-state index contributed by atoms with van der Waals surface area (Å²) in [7, 11) is 1.46. The van der Waals surface area contributed by atoms with Gasteiger partial charge in [-0.1, -0.05) is 30.3 Å². The number of fused-ring (bicyclic) bond motifs is 1. The molecule has 3 aromatic rings. The van der Waals surface area contributed by atoms with Crippen LogP contribution < -0.4 is 5.73 Å². The normalized spacial score (nSPS) is 12.1. The zero-order chi connectivity index (χ0) is 18.1. The van der Waals surface area contributed by atoms with Crippen molar-refractivity contribution in [3.8, 4) is 0 Å². The highest BCUT2D eigenvalue weighted by atomic mass is 79.9. The minimum absolute atomic E-state index is 0.298. The zero-order valence-electron chi connectivity index (χ0n) is 13.3. The maximum Gasteiger partial charge on any atom is 0.272 e. The van der Waals surface area contributed by atoms with Crippen molar-refractivity contribution in [3.05, 3.63) is 70.1 Å². The second-order valence-electron chi connectivity index (χ2n) is 5.64. The van der Waals surface area contributed by atoms with Gasteiger partial charge in [0.15, 0.2) is 0 Å². The van der Waals surface area contributed by atoms with Gasteiger partial charge in [0.05, 0.1) is 4.47 Å². The molecular formula is C18H15BrFN3O2. The van der Waals surface area contributed by atoms with Gasteiger partial charge in [-0.25, -0.2) is 4.39 Å². The summed E-state index contributed by atoms with van der Waals surface area (Å²) in [5, 5.41) is 0.848. The Morgan fingerprint density at radius 3 is 2.56 bits per heavy atom. The van der Waals surface area contributed by atoms with Gasteiger partial charge >= 0.3 is 0 Å². The number of hydrogen-bond acceptors (Lipinski definition) is 2. The lowest BCUT2D eigenvalue weighted by atomic mass is 10.0. The molecular weight excluding hydrogens is 389 g/mol. The number of carbonyl (C=O) groups is 2. The molecule has 0 aliphatic carbocycles. The van der Waals surface area contributed by atoms with E-state index in [9.17, 15) is 14.0 Å². The summed E-state index contributed by atoms with van der Waals surface area (Å²) in [5.41, 5.74) is 6.87. The Morgan fingerprint density at radius 1 is 1.20 bits per heavy atom. The minimum atomic E-state index is -1.08. The van der Waals surface area contributed by atoms with Gasteiger partial charge < -0.3 is 15.6 Å². The lowest BCUT2D eigenvalue weighted by Gasteiger charge is -2.26. The maximum atomic E-state index is 13.5. The molecule has 5 nitrogen and oxygen atoms in total. The highest BCUT2D eigenvalue weighted by molar-refractivity contribution is 9.10. The number of hydrogen-bond donors (Lipinski definition) is 2. The predicted octanol–water partition coefficient (Wildman–Crippen LogP) is 3.37. The molecule has 0 aliphatic heterocycles. The zero-order valence-corrected chi connectivity index (χ0v) is 14.9. The Bertz CT molecular complexity index is 970. The summed E-state index contributed by atoms with van der Waals surface area (Å²) in [6.07, 6.45) is 0. The average Bonchev–Trinajstić information content (AvgIpc) is 2.91. The highest BCUT2D eigenvalue weighted by Crippen LogP contribution is 2.30. The van der Waals surface area contributed by atoms with Crippen molar-refractivity contribution in [1.82, 2.24) is 9.88 Å². The van der Waals surface area contributed by atoms with E-state index < -0.39 is 23.7 Å². The van der Waals surface area contributed by atoms with Crippen LogP contribution in [0.25, 0.3) is 10.9 Å². The summed E-state index contributed by atoms with van der Waals surface area (Å²) in [6.45, 7) is 0. The molecule has 3 N–H and O–H groups in total. The molecule has 0 saturated heterocycles. The predicted molar refractivity (Wildman–Crippen MR) is 96.4 cm³/mol. The number of aromatic amines is 1. The third-order valence-electron chi connectivity index (χ3n) is 4.00.